The summed E-state index contributed by atoms with van der Waals surface area (Å²) >= 11 is 0. The maximum Gasteiger partial charge on any atom is 0.407 e. The Morgan fingerprint density at radius 1 is 1.18 bits per heavy atom. The maximum absolute atomic E-state index is 13.0. The van der Waals surface area contributed by atoms with Crippen LogP contribution in [0.4, 0.5) is 4.79 Å². The number of hydrogen-bond acceptors (Lipinski definition) is 6. The molecule has 0 aliphatic carbocycles. The van der Waals surface area contributed by atoms with Crippen molar-refractivity contribution in [1.82, 2.24) is 14.9 Å². The van der Waals surface area contributed by atoms with E-state index in [4.69, 9.17) is 4.74 Å². The monoisotopic (exact) mass is 481 g/mol. The van der Waals surface area contributed by atoms with Gasteiger partial charge in [0.1, 0.15) is 0 Å². The molecule has 10 heteroatoms. The first-order valence-electron chi connectivity index (χ1n) is 11.4. The van der Waals surface area contributed by atoms with E-state index in [-0.39, 0.29) is 54.8 Å². The van der Waals surface area contributed by atoms with Gasteiger partial charge in [-0.15, -0.1) is 0 Å². The molecule has 0 spiro atoms. The van der Waals surface area contributed by atoms with Crippen molar-refractivity contribution in [2.24, 2.45) is 11.8 Å². The topological polar surface area (TPSA) is 122 Å². The number of hydrogen-bond donors (Lipinski definition) is 2. The van der Waals surface area contributed by atoms with Gasteiger partial charge >= 0.3 is 6.09 Å². The average molecular weight is 482 g/mol. The Balaban J connectivity index is 1.92. The Morgan fingerprint density at radius 2 is 1.85 bits per heavy atom. The van der Waals surface area contributed by atoms with Crippen LogP contribution in [0.1, 0.15) is 57.3 Å². The van der Waals surface area contributed by atoms with Crippen LogP contribution in [0.15, 0.2) is 29.2 Å². The molecule has 1 unspecified atom stereocenters. The molecule has 2 amide bonds. The lowest BCUT2D eigenvalue weighted by molar-refractivity contribution is -0.126. The number of carbonyl (C=O) groups is 3. The summed E-state index contributed by atoms with van der Waals surface area (Å²) in [7, 11) is -3.74. The molecule has 184 valence electrons. The lowest BCUT2D eigenvalue weighted by Gasteiger charge is -2.31. The van der Waals surface area contributed by atoms with Gasteiger partial charge in [0.05, 0.1) is 11.5 Å². The molecule has 0 aromatic heterocycles. The zero-order valence-corrected chi connectivity index (χ0v) is 20.6. The van der Waals surface area contributed by atoms with Gasteiger partial charge in [-0.25, -0.2) is 13.2 Å². The van der Waals surface area contributed by atoms with Gasteiger partial charge in [-0.05, 0) is 51.2 Å². The summed E-state index contributed by atoms with van der Waals surface area (Å²) in [5.74, 6) is -0.327. The van der Waals surface area contributed by atoms with E-state index in [1.807, 2.05) is 13.8 Å². The van der Waals surface area contributed by atoms with E-state index in [1.54, 1.807) is 19.1 Å². The second kappa shape index (κ2) is 12.1. The van der Waals surface area contributed by atoms with Crippen LogP contribution in [0.5, 0.6) is 0 Å². The zero-order chi connectivity index (χ0) is 24.6. The molecule has 1 fully saturated rings. The molecular formula is C23H35N3O6S. The number of rotatable bonds is 10. The Kier molecular flexibility index (Phi) is 9.85. The smallest absolute Gasteiger partial charge is 0.407 e. The zero-order valence-electron chi connectivity index (χ0n) is 19.8. The van der Waals surface area contributed by atoms with E-state index in [1.165, 1.54) is 23.4 Å². The molecule has 1 aromatic carbocycles. The van der Waals surface area contributed by atoms with Crippen molar-refractivity contribution in [3.05, 3.63) is 29.8 Å². The summed E-state index contributed by atoms with van der Waals surface area (Å²) in [6.45, 7) is 8.19. The molecule has 0 bridgehead atoms. The Bertz CT molecular complexity index is 939. The quantitative estimate of drug-likeness (QED) is 0.495. The van der Waals surface area contributed by atoms with Crippen molar-refractivity contribution in [1.29, 1.82) is 0 Å². The minimum absolute atomic E-state index is 0.0830. The molecular weight excluding hydrogens is 446 g/mol. The van der Waals surface area contributed by atoms with Crippen LogP contribution in [0, 0.1) is 11.8 Å². The number of piperidine rings is 1. The lowest BCUT2D eigenvalue weighted by atomic mass is 9.97. The summed E-state index contributed by atoms with van der Waals surface area (Å²) < 4.78 is 32.2. The Labute approximate surface area is 196 Å². The van der Waals surface area contributed by atoms with E-state index in [9.17, 15) is 22.8 Å². The van der Waals surface area contributed by atoms with E-state index in [2.05, 4.69) is 10.6 Å². The third-order valence-electron chi connectivity index (χ3n) is 5.58. The number of Topliss-reactive ketones (excluding diaryl/α,β-unsaturated/α-hetero) is 1. The van der Waals surface area contributed by atoms with Crippen LogP contribution < -0.4 is 10.6 Å². The van der Waals surface area contributed by atoms with Gasteiger partial charge in [0.2, 0.25) is 15.9 Å². The normalized spacial score (nSPS) is 16.3. The van der Waals surface area contributed by atoms with Crippen LogP contribution in [-0.2, 0) is 19.6 Å². The van der Waals surface area contributed by atoms with Gasteiger partial charge in [-0.1, -0.05) is 26.0 Å². The molecule has 0 radical (unpaired) electrons. The minimum Gasteiger partial charge on any atom is -0.450 e. The lowest BCUT2D eigenvalue weighted by Crippen LogP contribution is -2.47. The standard InChI is InChI=1S/C23H35N3O6S/c1-5-32-23(29)25-20(13-16(2)3)15-24-22(28)18-9-11-26(12-10-18)33(30,31)21-8-6-7-19(14-21)17(4)27/h6-8,14,16,18,20H,5,9-13,15H2,1-4H3,(H,24,28)(H,25,29). The van der Waals surface area contributed by atoms with Crippen molar-refractivity contribution in [2.45, 2.75) is 57.9 Å². The molecule has 9 nitrogen and oxygen atoms in total. The van der Waals surface area contributed by atoms with Gasteiger partial charge in [-0.3, -0.25) is 9.59 Å². The fourth-order valence-electron chi connectivity index (χ4n) is 3.85. The van der Waals surface area contributed by atoms with Crippen LogP contribution in [0.25, 0.3) is 0 Å². The highest BCUT2D eigenvalue weighted by Crippen LogP contribution is 2.24. The van der Waals surface area contributed by atoms with Crippen LogP contribution in [-0.4, -0.2) is 62.8 Å². The van der Waals surface area contributed by atoms with Crippen LogP contribution in [0.3, 0.4) is 0 Å². The van der Waals surface area contributed by atoms with E-state index in [0.29, 0.717) is 30.7 Å². The number of alkyl carbamates (subject to hydrolysis) is 1. The van der Waals surface area contributed by atoms with Crippen LogP contribution in [0.2, 0.25) is 0 Å². The number of sulfonamides is 1. The molecule has 1 heterocycles. The highest BCUT2D eigenvalue weighted by atomic mass is 32.2. The number of amides is 2. The number of ether oxygens (including phenoxy) is 1. The predicted molar refractivity (Wildman–Crippen MR) is 124 cm³/mol. The van der Waals surface area contributed by atoms with Crippen LogP contribution >= 0.6 is 0 Å². The highest BCUT2D eigenvalue weighted by molar-refractivity contribution is 7.89. The number of nitrogens with zero attached hydrogens (tertiary/aromatic N) is 1. The SMILES string of the molecule is CCOC(=O)NC(CNC(=O)C1CCN(S(=O)(=O)c2cccc(C(C)=O)c2)CC1)CC(C)C. The summed E-state index contributed by atoms with van der Waals surface area (Å²) in [5, 5.41) is 5.67. The fourth-order valence-corrected chi connectivity index (χ4v) is 5.37. The first-order chi connectivity index (χ1) is 15.5. The summed E-state index contributed by atoms with van der Waals surface area (Å²) in [5.41, 5.74) is 0.345. The molecule has 1 aromatic rings. The van der Waals surface area contributed by atoms with E-state index in [0.717, 1.165) is 0 Å². The number of carbonyl (C=O) groups excluding carboxylic acids is 3. The van der Waals surface area contributed by atoms with Crippen molar-refractivity contribution in [2.75, 3.05) is 26.2 Å². The molecule has 1 aliphatic rings. The van der Waals surface area contributed by atoms with E-state index < -0.39 is 16.1 Å². The third-order valence-corrected chi connectivity index (χ3v) is 7.47. The molecule has 1 saturated heterocycles. The van der Waals surface area contributed by atoms with Gasteiger partial charge < -0.3 is 15.4 Å². The molecule has 1 atom stereocenters. The van der Waals surface area contributed by atoms with Gasteiger partial charge in [0, 0.05) is 37.2 Å². The second-order valence-corrected chi connectivity index (χ2v) is 10.6. The third kappa shape index (κ3) is 7.82. The van der Waals surface area contributed by atoms with Gasteiger partial charge in [0.25, 0.3) is 0 Å². The average Bonchev–Trinajstić information content (AvgIpc) is 2.77. The number of nitrogens with one attached hydrogen (secondary N) is 2. The summed E-state index contributed by atoms with van der Waals surface area (Å²) in [6, 6.07) is 5.76. The van der Waals surface area contributed by atoms with Crippen molar-refractivity contribution in [3.63, 3.8) is 0 Å². The molecule has 0 saturated carbocycles. The van der Waals surface area contributed by atoms with Gasteiger partial charge in [0.15, 0.2) is 5.78 Å². The largest absolute Gasteiger partial charge is 0.450 e. The molecule has 1 aliphatic heterocycles. The van der Waals surface area contributed by atoms with Crippen molar-refractivity contribution >= 4 is 27.8 Å². The number of ketones is 1. The first-order valence-corrected chi connectivity index (χ1v) is 12.8. The first kappa shape index (κ1) is 26.8. The predicted octanol–water partition coefficient (Wildman–Crippen LogP) is 2.57. The highest BCUT2D eigenvalue weighted by Gasteiger charge is 2.32. The minimum atomic E-state index is -3.74. The fraction of sp³-hybridized carbons (Fsp3) is 0.609. The van der Waals surface area contributed by atoms with Crippen molar-refractivity contribution in [3.8, 4) is 0 Å². The molecule has 2 rings (SSSR count). The molecule has 2 N–H and O–H groups in total. The maximum atomic E-state index is 13.0. The number of benzene rings is 1. The Hall–Kier alpha value is -2.46. The second-order valence-electron chi connectivity index (χ2n) is 8.70. The van der Waals surface area contributed by atoms with Gasteiger partial charge in [-0.2, -0.15) is 4.31 Å². The summed E-state index contributed by atoms with van der Waals surface area (Å²) in [4.78, 5) is 36.1. The summed E-state index contributed by atoms with van der Waals surface area (Å²) in [6.07, 6.45) is 0.981. The van der Waals surface area contributed by atoms with E-state index >= 15 is 0 Å². The molecule has 33 heavy (non-hydrogen) atoms. The van der Waals surface area contributed by atoms with Crippen molar-refractivity contribution < 1.29 is 27.5 Å². The Morgan fingerprint density at radius 3 is 2.42 bits per heavy atom.